The molecule has 13 aromatic rings. The van der Waals surface area contributed by atoms with Gasteiger partial charge in [-0.3, -0.25) is 0 Å². The fraction of sp³-hybridized carbons (Fsp3) is 0.0256. The second-order valence-electron chi connectivity index (χ2n) is 22.0. The van der Waals surface area contributed by atoms with Crippen molar-refractivity contribution < 1.29 is 30.8 Å². The Hall–Kier alpha value is -10.9. The number of hydrogen-bond acceptors (Lipinski definition) is 3. The molecule has 0 fully saturated rings. The first-order chi connectivity index (χ1) is 42.5. The van der Waals surface area contributed by atoms with Crippen molar-refractivity contribution in [2.75, 3.05) is 9.80 Å². The Morgan fingerprint density at radius 1 is 0.299 bits per heavy atom. The summed E-state index contributed by atoms with van der Waals surface area (Å²) >= 11 is 0. The van der Waals surface area contributed by atoms with Crippen LogP contribution in [-0.2, 0) is 10.8 Å². The third kappa shape index (κ3) is 8.21. The lowest BCUT2D eigenvalue weighted by Gasteiger charge is -2.35. The molecule has 0 amide bonds. The van der Waals surface area contributed by atoms with E-state index in [2.05, 4.69) is 73.8 Å². The number of nitrogens with zero attached hydrogens (tertiary/aromatic N) is 2. The summed E-state index contributed by atoms with van der Waals surface area (Å²) in [5, 5.41) is 1.34. The number of fused-ring (bicyclic) bond motifs is 9. The highest BCUT2D eigenvalue weighted by atomic mass is 19.2. The van der Waals surface area contributed by atoms with Crippen LogP contribution in [0.5, 0.6) is 0 Å². The lowest BCUT2D eigenvalue weighted by atomic mass is 9.67. The van der Waals surface area contributed by atoms with Crippen LogP contribution in [0.1, 0.15) is 55.6 Å². The molecular weight excluding hydrogens is 1090 g/mol. The van der Waals surface area contributed by atoms with E-state index in [-0.39, 0.29) is 11.6 Å². The zero-order valence-corrected chi connectivity index (χ0v) is 46.4. The molecule has 87 heavy (non-hydrogen) atoms. The largest absolute Gasteiger partial charge is 0.456 e. The first kappa shape index (κ1) is 52.9. The zero-order valence-electron chi connectivity index (χ0n) is 46.4. The van der Waals surface area contributed by atoms with E-state index >= 15 is 17.6 Å². The molecule has 1 heterocycles. The minimum Gasteiger partial charge on any atom is -0.456 e. The molecule has 0 N–H and O–H groups in total. The highest BCUT2D eigenvalue weighted by molar-refractivity contribution is 6.08. The molecule has 0 spiro atoms. The molecule has 0 aliphatic heterocycles. The monoisotopic (exact) mass is 1140 g/mol. The van der Waals surface area contributed by atoms with E-state index in [1.54, 1.807) is 12.2 Å². The van der Waals surface area contributed by atoms with E-state index in [4.69, 9.17) is 4.42 Å². The van der Waals surface area contributed by atoms with Crippen molar-refractivity contribution in [2.24, 2.45) is 0 Å². The Labute approximate surface area is 497 Å². The van der Waals surface area contributed by atoms with Crippen LogP contribution in [0.4, 0.5) is 60.5 Å². The van der Waals surface area contributed by atoms with Crippen LogP contribution >= 0.6 is 0 Å². The topological polar surface area (TPSA) is 19.6 Å². The van der Waals surface area contributed by atoms with Gasteiger partial charge in [0.1, 0.15) is 22.8 Å². The van der Waals surface area contributed by atoms with E-state index in [0.29, 0.717) is 56.1 Å². The molecule has 418 valence electrons. The Morgan fingerprint density at radius 2 is 0.621 bits per heavy atom. The standard InChI is InChI=1S/C78H48F6N2O/c1-3-47-13-17-49(18-14-47)77(51-21-25-53(79)26-22-51)67-11-7-5-9-61(67)63-35-29-57(43-69(63)77)85(59-31-37-71(81)73(83)45-59)55-33-39-75-65(41-55)66-42-56(34-40-76(66)87-75)86(60-32-38-72(82)74(84)46-60)58-30-36-64-62-10-6-8-12-68(62)78(70(64)44-58,52-23-27-54(80)28-24-52)50-19-15-48(4-2)16-20-50/h3-46H,1-2H2. The molecule has 9 heteroatoms. The van der Waals surface area contributed by atoms with E-state index in [0.717, 1.165) is 90.0 Å². The highest BCUT2D eigenvalue weighted by Crippen LogP contribution is 2.59. The number of furan rings is 1. The Bertz CT molecular complexity index is 4630. The average Bonchev–Trinajstić information content (AvgIpc) is 1.83. The number of hydrogen-bond donors (Lipinski definition) is 0. The van der Waals surface area contributed by atoms with Gasteiger partial charge in [-0.1, -0.05) is 159 Å². The van der Waals surface area contributed by atoms with E-state index < -0.39 is 34.1 Å². The van der Waals surface area contributed by atoms with Gasteiger partial charge in [0.2, 0.25) is 0 Å². The molecule has 0 saturated heterocycles. The van der Waals surface area contributed by atoms with Crippen LogP contribution in [0.25, 0.3) is 56.3 Å². The number of anilines is 6. The van der Waals surface area contributed by atoms with Crippen molar-refractivity contribution in [3.8, 4) is 22.3 Å². The van der Waals surface area contributed by atoms with Crippen LogP contribution in [0, 0.1) is 34.9 Å². The normalized spacial score (nSPS) is 15.4. The van der Waals surface area contributed by atoms with Crippen molar-refractivity contribution in [1.29, 1.82) is 0 Å². The third-order valence-electron chi connectivity index (χ3n) is 17.6. The SMILES string of the molecule is C=Cc1ccc(C2(c3ccc(F)cc3)c3ccccc3-c3ccc(N(c4ccc(F)c(F)c4)c4ccc5oc6ccc(N(c7ccc(F)c(F)c7)c7ccc8c(c7)C(c7ccc(F)cc7)(c7ccc(C=C)cc7)c7ccccc7-8)cc6c5c4)cc32)cc1. The van der Waals surface area contributed by atoms with Crippen LogP contribution in [0.2, 0.25) is 0 Å². The van der Waals surface area contributed by atoms with Gasteiger partial charge in [-0.15, -0.1) is 0 Å². The predicted molar refractivity (Wildman–Crippen MR) is 338 cm³/mol. The molecule has 0 bridgehead atoms. The maximum Gasteiger partial charge on any atom is 0.160 e. The van der Waals surface area contributed by atoms with Gasteiger partial charge in [-0.25, -0.2) is 26.3 Å². The molecule has 1 aromatic heterocycles. The Morgan fingerprint density at radius 3 is 1.00 bits per heavy atom. The molecule has 0 radical (unpaired) electrons. The van der Waals surface area contributed by atoms with Gasteiger partial charge in [-0.2, -0.15) is 0 Å². The second kappa shape index (κ2) is 20.4. The lowest BCUT2D eigenvalue weighted by molar-refractivity contribution is 0.509. The van der Waals surface area contributed by atoms with Crippen LogP contribution < -0.4 is 9.80 Å². The maximum atomic E-state index is 15.8. The van der Waals surface area contributed by atoms with Crippen molar-refractivity contribution >= 4 is 68.2 Å². The first-order valence-electron chi connectivity index (χ1n) is 28.4. The number of halogens is 6. The molecule has 15 rings (SSSR count). The smallest absolute Gasteiger partial charge is 0.160 e. The zero-order chi connectivity index (χ0) is 59.3. The predicted octanol–water partition coefficient (Wildman–Crippen LogP) is 21.4. The van der Waals surface area contributed by atoms with Crippen molar-refractivity contribution in [3.05, 3.63) is 358 Å². The summed E-state index contributed by atoms with van der Waals surface area (Å²) in [4.78, 5) is 3.75. The van der Waals surface area contributed by atoms with Gasteiger partial charge in [0.15, 0.2) is 23.3 Å². The molecule has 12 aromatic carbocycles. The number of benzene rings is 12. The van der Waals surface area contributed by atoms with Gasteiger partial charge in [0, 0.05) is 57.0 Å². The fourth-order valence-corrected chi connectivity index (χ4v) is 13.7. The molecule has 2 aliphatic carbocycles. The molecule has 0 saturated carbocycles. The molecule has 2 atom stereocenters. The summed E-state index contributed by atoms with van der Waals surface area (Å²) in [6.45, 7) is 7.99. The summed E-state index contributed by atoms with van der Waals surface area (Å²) in [5.74, 6) is -4.85. The van der Waals surface area contributed by atoms with Gasteiger partial charge >= 0.3 is 0 Å². The number of rotatable bonds is 12. The first-order valence-corrected chi connectivity index (χ1v) is 28.4. The minimum atomic E-state index is -1.04. The van der Waals surface area contributed by atoms with Gasteiger partial charge in [0.25, 0.3) is 0 Å². The fourth-order valence-electron chi connectivity index (χ4n) is 13.7. The quantitative estimate of drug-likeness (QED) is 0.114. The molecule has 3 nitrogen and oxygen atoms in total. The lowest BCUT2D eigenvalue weighted by Crippen LogP contribution is -2.29. The molecular formula is C78H48F6N2O. The van der Waals surface area contributed by atoms with E-state index in [9.17, 15) is 8.78 Å². The summed E-state index contributed by atoms with van der Waals surface area (Å²) in [6, 6.07) is 76.9. The van der Waals surface area contributed by atoms with Gasteiger partial charge in [0.05, 0.1) is 10.8 Å². The van der Waals surface area contributed by atoms with Crippen molar-refractivity contribution in [3.63, 3.8) is 0 Å². The Balaban J connectivity index is 0.924. The molecule has 2 unspecified atom stereocenters. The minimum absolute atomic E-state index is 0.330. The van der Waals surface area contributed by atoms with Crippen LogP contribution in [-0.4, -0.2) is 0 Å². The summed E-state index contributed by atoms with van der Waals surface area (Å²) in [6.07, 6.45) is 3.57. The van der Waals surface area contributed by atoms with Crippen molar-refractivity contribution in [2.45, 2.75) is 10.8 Å². The third-order valence-corrected chi connectivity index (χ3v) is 17.6. The van der Waals surface area contributed by atoms with Crippen LogP contribution in [0.15, 0.2) is 272 Å². The molecule has 2 aliphatic rings. The van der Waals surface area contributed by atoms with E-state index in [1.807, 2.05) is 143 Å². The highest BCUT2D eigenvalue weighted by Gasteiger charge is 2.48. The van der Waals surface area contributed by atoms with Gasteiger partial charge in [-0.05, 0) is 187 Å². The van der Waals surface area contributed by atoms with Crippen molar-refractivity contribution in [1.82, 2.24) is 0 Å². The van der Waals surface area contributed by atoms with E-state index in [1.165, 1.54) is 48.5 Å². The maximum absolute atomic E-state index is 15.8. The second-order valence-corrected chi connectivity index (χ2v) is 22.0. The average molecular weight is 1140 g/mol. The summed E-state index contributed by atoms with van der Waals surface area (Å²) in [7, 11) is 0. The summed E-state index contributed by atoms with van der Waals surface area (Å²) < 4.78 is 98.1. The Kier molecular flexibility index (Phi) is 12.4. The van der Waals surface area contributed by atoms with Gasteiger partial charge < -0.3 is 14.2 Å². The van der Waals surface area contributed by atoms with Crippen LogP contribution in [0.3, 0.4) is 0 Å². The summed E-state index contributed by atoms with van der Waals surface area (Å²) in [5.41, 5.74) is 15.2.